The summed E-state index contributed by atoms with van der Waals surface area (Å²) in [7, 11) is 0. The highest BCUT2D eigenvalue weighted by molar-refractivity contribution is 5.54. The Balaban J connectivity index is 1.83. The highest BCUT2D eigenvalue weighted by Gasteiger charge is 2.58. The lowest BCUT2D eigenvalue weighted by atomic mass is 9.67. The zero-order chi connectivity index (χ0) is 16.0. The molecule has 0 saturated heterocycles. The van der Waals surface area contributed by atoms with Crippen molar-refractivity contribution < 1.29 is 0 Å². The van der Waals surface area contributed by atoms with Gasteiger partial charge in [0.1, 0.15) is 0 Å². The second-order valence-electron chi connectivity index (χ2n) is 7.78. The minimum Gasteiger partial charge on any atom is -0.0622 e. The smallest absolute Gasteiger partial charge is 0.0152 e. The van der Waals surface area contributed by atoms with E-state index in [2.05, 4.69) is 75.4 Å². The van der Waals surface area contributed by atoms with E-state index >= 15 is 0 Å². The SMILES string of the molecule is Cc1ccccc1[C]1C2CCCC2[C](c2ccccc2)C1(C)C. The van der Waals surface area contributed by atoms with Crippen molar-refractivity contribution in [1.82, 2.24) is 0 Å². The van der Waals surface area contributed by atoms with Crippen molar-refractivity contribution in [1.29, 1.82) is 0 Å². The second-order valence-corrected chi connectivity index (χ2v) is 7.78. The fraction of sp³-hybridized carbons (Fsp3) is 0.391. The number of fused-ring (bicyclic) bond motifs is 1. The standard InChI is InChI=1S/C23H26/c1-16-10-7-8-13-18(16)22-20-15-9-14-19(20)21(23(22,2)3)17-11-5-4-6-12-17/h4-8,10-13,19-20H,9,14-15H2,1-3H3. The molecule has 2 aliphatic carbocycles. The first kappa shape index (κ1) is 15.0. The van der Waals surface area contributed by atoms with Gasteiger partial charge in [-0.2, -0.15) is 0 Å². The molecule has 2 atom stereocenters. The third kappa shape index (κ3) is 2.26. The molecule has 2 unspecified atom stereocenters. The van der Waals surface area contributed by atoms with Gasteiger partial charge in [-0.3, -0.25) is 0 Å². The molecule has 2 saturated carbocycles. The van der Waals surface area contributed by atoms with Crippen molar-refractivity contribution in [2.75, 3.05) is 0 Å². The van der Waals surface area contributed by atoms with Crippen LogP contribution in [0.4, 0.5) is 0 Å². The number of rotatable bonds is 2. The van der Waals surface area contributed by atoms with Gasteiger partial charge in [0, 0.05) is 11.8 Å². The average Bonchev–Trinajstić information content (AvgIpc) is 3.06. The van der Waals surface area contributed by atoms with Crippen LogP contribution < -0.4 is 0 Å². The Morgan fingerprint density at radius 3 is 2.09 bits per heavy atom. The molecule has 0 amide bonds. The molecular formula is C23H26. The first-order valence-corrected chi connectivity index (χ1v) is 8.97. The molecule has 0 nitrogen and oxygen atoms in total. The van der Waals surface area contributed by atoms with E-state index in [0.29, 0.717) is 0 Å². The van der Waals surface area contributed by atoms with Gasteiger partial charge in [0.25, 0.3) is 0 Å². The van der Waals surface area contributed by atoms with Crippen LogP contribution in [0.1, 0.15) is 49.8 Å². The Hall–Kier alpha value is -1.56. The fourth-order valence-corrected chi connectivity index (χ4v) is 5.33. The molecule has 2 aromatic carbocycles. The lowest BCUT2D eigenvalue weighted by Crippen LogP contribution is -2.27. The van der Waals surface area contributed by atoms with E-state index in [1.54, 1.807) is 11.8 Å². The number of aryl methyl sites for hydroxylation is 1. The van der Waals surface area contributed by atoms with Crippen molar-refractivity contribution >= 4 is 0 Å². The third-order valence-corrected chi connectivity index (χ3v) is 6.12. The molecule has 2 radical (unpaired) electrons. The van der Waals surface area contributed by atoms with E-state index in [1.807, 2.05) is 0 Å². The van der Waals surface area contributed by atoms with Crippen molar-refractivity contribution in [3.63, 3.8) is 0 Å². The molecule has 0 aliphatic heterocycles. The molecule has 118 valence electrons. The summed E-state index contributed by atoms with van der Waals surface area (Å²) < 4.78 is 0. The van der Waals surface area contributed by atoms with E-state index in [4.69, 9.17) is 0 Å². The third-order valence-electron chi connectivity index (χ3n) is 6.12. The summed E-state index contributed by atoms with van der Waals surface area (Å²) >= 11 is 0. The fourth-order valence-electron chi connectivity index (χ4n) is 5.33. The molecule has 0 spiro atoms. The zero-order valence-electron chi connectivity index (χ0n) is 14.5. The summed E-state index contributed by atoms with van der Waals surface area (Å²) in [6.45, 7) is 7.17. The van der Waals surface area contributed by atoms with Gasteiger partial charge < -0.3 is 0 Å². The molecule has 0 heteroatoms. The van der Waals surface area contributed by atoms with E-state index < -0.39 is 0 Å². The van der Waals surface area contributed by atoms with E-state index in [9.17, 15) is 0 Å². The summed E-state index contributed by atoms with van der Waals surface area (Å²) in [5, 5.41) is 0. The highest BCUT2D eigenvalue weighted by atomic mass is 14.6. The van der Waals surface area contributed by atoms with Crippen LogP contribution in [0.15, 0.2) is 54.6 Å². The van der Waals surface area contributed by atoms with Crippen LogP contribution in [0, 0.1) is 36.0 Å². The molecule has 0 bridgehead atoms. The van der Waals surface area contributed by atoms with E-state index in [1.165, 1.54) is 36.0 Å². The molecular weight excluding hydrogens is 276 g/mol. The largest absolute Gasteiger partial charge is 0.0622 e. The average molecular weight is 302 g/mol. The van der Waals surface area contributed by atoms with Crippen molar-refractivity contribution in [3.05, 3.63) is 83.1 Å². The maximum absolute atomic E-state index is 2.45. The monoisotopic (exact) mass is 302 g/mol. The number of benzene rings is 2. The van der Waals surface area contributed by atoms with E-state index in [-0.39, 0.29) is 5.41 Å². The van der Waals surface area contributed by atoms with Crippen molar-refractivity contribution in [2.24, 2.45) is 17.3 Å². The second kappa shape index (κ2) is 5.51. The molecule has 0 aromatic heterocycles. The lowest BCUT2D eigenvalue weighted by Gasteiger charge is -2.36. The quantitative estimate of drug-likeness (QED) is 0.638. The minimum atomic E-state index is 0.156. The maximum Gasteiger partial charge on any atom is 0.0152 e. The number of hydrogen-bond donors (Lipinski definition) is 0. The van der Waals surface area contributed by atoms with Gasteiger partial charge in [0.05, 0.1) is 0 Å². The topological polar surface area (TPSA) is 0 Å². The van der Waals surface area contributed by atoms with Crippen molar-refractivity contribution in [3.8, 4) is 0 Å². The summed E-state index contributed by atoms with van der Waals surface area (Å²) in [6.07, 6.45) is 4.08. The van der Waals surface area contributed by atoms with Crippen LogP contribution in [0.25, 0.3) is 0 Å². The Morgan fingerprint density at radius 1 is 0.783 bits per heavy atom. The first-order chi connectivity index (χ1) is 11.1. The van der Waals surface area contributed by atoms with Crippen LogP contribution in [0.5, 0.6) is 0 Å². The van der Waals surface area contributed by atoms with Gasteiger partial charge in [-0.1, -0.05) is 74.9 Å². The summed E-state index contributed by atoms with van der Waals surface area (Å²) in [6, 6.07) is 20.1. The van der Waals surface area contributed by atoms with Crippen molar-refractivity contribution in [2.45, 2.75) is 40.0 Å². The molecule has 4 rings (SSSR count). The Labute approximate surface area is 140 Å². The van der Waals surface area contributed by atoms with E-state index in [0.717, 1.165) is 11.8 Å². The van der Waals surface area contributed by atoms with Gasteiger partial charge in [0.2, 0.25) is 0 Å². The predicted octanol–water partition coefficient (Wildman–Crippen LogP) is 6.00. The molecule has 0 N–H and O–H groups in total. The van der Waals surface area contributed by atoms with Crippen LogP contribution >= 0.6 is 0 Å². The first-order valence-electron chi connectivity index (χ1n) is 8.97. The summed E-state index contributed by atoms with van der Waals surface area (Å²) in [5.74, 6) is 4.85. The lowest BCUT2D eigenvalue weighted by molar-refractivity contribution is 0.436. The number of hydrogen-bond acceptors (Lipinski definition) is 0. The van der Waals surface area contributed by atoms with Gasteiger partial charge in [-0.25, -0.2) is 0 Å². The van der Waals surface area contributed by atoms with Gasteiger partial charge in [-0.15, -0.1) is 0 Å². The highest BCUT2D eigenvalue weighted by Crippen LogP contribution is 2.66. The normalized spacial score (nSPS) is 27.3. The van der Waals surface area contributed by atoms with Crippen LogP contribution in [0.2, 0.25) is 0 Å². The van der Waals surface area contributed by atoms with Crippen LogP contribution in [-0.2, 0) is 0 Å². The van der Waals surface area contributed by atoms with Gasteiger partial charge in [0.15, 0.2) is 0 Å². The Morgan fingerprint density at radius 2 is 1.39 bits per heavy atom. The summed E-state index contributed by atoms with van der Waals surface area (Å²) in [4.78, 5) is 0. The Kier molecular flexibility index (Phi) is 3.59. The predicted molar refractivity (Wildman–Crippen MR) is 96.9 cm³/mol. The molecule has 0 heterocycles. The Bertz CT molecular complexity index is 682. The molecule has 2 fully saturated rings. The van der Waals surface area contributed by atoms with Crippen LogP contribution in [0.3, 0.4) is 0 Å². The van der Waals surface area contributed by atoms with Crippen LogP contribution in [-0.4, -0.2) is 0 Å². The molecule has 2 aliphatic rings. The van der Waals surface area contributed by atoms with Gasteiger partial charge >= 0.3 is 0 Å². The maximum atomic E-state index is 2.45. The molecule has 23 heavy (non-hydrogen) atoms. The molecule has 2 aromatic rings. The minimum absolute atomic E-state index is 0.156. The van der Waals surface area contributed by atoms with Gasteiger partial charge in [-0.05, 0) is 53.7 Å². The zero-order valence-corrected chi connectivity index (χ0v) is 14.5. The summed E-state index contributed by atoms with van der Waals surface area (Å²) in [5.41, 5.74) is 4.54.